The van der Waals surface area contributed by atoms with Crippen molar-refractivity contribution < 1.29 is 33.0 Å². The van der Waals surface area contributed by atoms with Crippen LogP contribution in [0.25, 0.3) is 0 Å². The van der Waals surface area contributed by atoms with E-state index in [4.69, 9.17) is 9.47 Å². The molecule has 0 radical (unpaired) electrons. The van der Waals surface area contributed by atoms with Gasteiger partial charge in [0.1, 0.15) is 11.9 Å². The van der Waals surface area contributed by atoms with Gasteiger partial charge in [-0.1, -0.05) is 24.3 Å². The Kier molecular flexibility index (Phi) is 5.72. The Bertz CT molecular complexity index is 936. The molecule has 150 valence electrons. The van der Waals surface area contributed by atoms with Gasteiger partial charge in [0.05, 0.1) is 31.3 Å². The Morgan fingerprint density at radius 3 is 1.90 bits per heavy atom. The molecule has 0 spiro atoms. The van der Waals surface area contributed by atoms with Gasteiger partial charge in [0.15, 0.2) is 0 Å². The molecule has 3 rings (SSSR count). The SMILES string of the molecule is COC(=O)C(CC(C(=O)OC)N1C(=O)c2ccccc2C1=O)c1ccc(F)cc1. The molecule has 2 aromatic carbocycles. The molecule has 0 aliphatic carbocycles. The summed E-state index contributed by atoms with van der Waals surface area (Å²) in [6.45, 7) is 0. The summed E-state index contributed by atoms with van der Waals surface area (Å²) < 4.78 is 22.9. The molecule has 0 N–H and O–H groups in total. The Balaban J connectivity index is 1.99. The number of esters is 2. The van der Waals surface area contributed by atoms with Crippen LogP contribution in [0.5, 0.6) is 0 Å². The molecule has 1 aliphatic heterocycles. The fourth-order valence-corrected chi connectivity index (χ4v) is 3.36. The first kappa shape index (κ1) is 20.2. The van der Waals surface area contributed by atoms with Crippen LogP contribution in [0.1, 0.15) is 38.6 Å². The second-order valence-corrected chi connectivity index (χ2v) is 6.43. The van der Waals surface area contributed by atoms with Crippen molar-refractivity contribution in [1.82, 2.24) is 4.90 Å². The summed E-state index contributed by atoms with van der Waals surface area (Å²) in [5.74, 6) is -4.36. The number of rotatable bonds is 6. The molecule has 0 fully saturated rings. The third-order valence-corrected chi connectivity index (χ3v) is 4.83. The highest BCUT2D eigenvalue weighted by atomic mass is 19.1. The number of carbonyl (C=O) groups excluding carboxylic acids is 4. The first-order chi connectivity index (χ1) is 13.9. The standard InChI is InChI=1S/C21H18FNO6/c1-28-20(26)16(12-7-9-13(22)10-8-12)11-17(21(27)29-2)23-18(24)14-5-3-4-6-15(14)19(23)25/h3-10,16-17H,11H2,1-2H3. The van der Waals surface area contributed by atoms with Gasteiger partial charge >= 0.3 is 11.9 Å². The van der Waals surface area contributed by atoms with Crippen molar-refractivity contribution in [3.05, 3.63) is 71.0 Å². The Morgan fingerprint density at radius 1 is 0.897 bits per heavy atom. The molecule has 29 heavy (non-hydrogen) atoms. The van der Waals surface area contributed by atoms with E-state index in [-0.39, 0.29) is 17.5 Å². The predicted molar refractivity (Wildman–Crippen MR) is 98.5 cm³/mol. The number of ether oxygens (including phenoxy) is 2. The van der Waals surface area contributed by atoms with Crippen LogP contribution in [-0.4, -0.2) is 48.9 Å². The number of amides is 2. The minimum atomic E-state index is -1.36. The summed E-state index contributed by atoms with van der Waals surface area (Å²) in [6, 6.07) is 9.93. The zero-order valence-corrected chi connectivity index (χ0v) is 15.8. The van der Waals surface area contributed by atoms with E-state index in [9.17, 15) is 23.6 Å². The maximum atomic E-state index is 13.3. The molecule has 0 saturated carbocycles. The van der Waals surface area contributed by atoms with E-state index in [1.807, 2.05) is 0 Å². The first-order valence-corrected chi connectivity index (χ1v) is 8.77. The Labute approximate surface area is 166 Å². The van der Waals surface area contributed by atoms with E-state index < -0.39 is 41.5 Å². The minimum Gasteiger partial charge on any atom is -0.469 e. The molecule has 8 heteroatoms. The van der Waals surface area contributed by atoms with Gasteiger partial charge in [-0.25, -0.2) is 9.18 Å². The van der Waals surface area contributed by atoms with Crippen LogP contribution in [0.3, 0.4) is 0 Å². The maximum Gasteiger partial charge on any atom is 0.329 e. The van der Waals surface area contributed by atoms with Crippen LogP contribution in [0.2, 0.25) is 0 Å². The molecular weight excluding hydrogens is 381 g/mol. The zero-order chi connectivity index (χ0) is 21.1. The average molecular weight is 399 g/mol. The van der Waals surface area contributed by atoms with E-state index in [0.717, 1.165) is 12.0 Å². The molecule has 2 amide bonds. The number of imide groups is 1. The summed E-state index contributed by atoms with van der Waals surface area (Å²) in [5, 5.41) is 0. The second-order valence-electron chi connectivity index (χ2n) is 6.43. The summed E-state index contributed by atoms with van der Waals surface area (Å²) in [5.41, 5.74) is 0.717. The molecule has 1 aliphatic rings. The van der Waals surface area contributed by atoms with Crippen molar-refractivity contribution in [3.63, 3.8) is 0 Å². The first-order valence-electron chi connectivity index (χ1n) is 8.77. The molecule has 7 nitrogen and oxygen atoms in total. The van der Waals surface area contributed by atoms with Gasteiger partial charge in [0, 0.05) is 0 Å². The van der Waals surface area contributed by atoms with Gasteiger partial charge in [0.25, 0.3) is 11.8 Å². The fraction of sp³-hybridized carbons (Fsp3) is 0.238. The summed E-state index contributed by atoms with van der Waals surface area (Å²) in [4.78, 5) is 51.3. The highest BCUT2D eigenvalue weighted by molar-refractivity contribution is 6.22. The fourth-order valence-electron chi connectivity index (χ4n) is 3.36. The van der Waals surface area contributed by atoms with Crippen molar-refractivity contribution >= 4 is 23.8 Å². The average Bonchev–Trinajstić information content (AvgIpc) is 2.99. The largest absolute Gasteiger partial charge is 0.469 e. The zero-order valence-electron chi connectivity index (χ0n) is 15.8. The van der Waals surface area contributed by atoms with Crippen LogP contribution < -0.4 is 0 Å². The van der Waals surface area contributed by atoms with Gasteiger partial charge in [0.2, 0.25) is 0 Å². The van der Waals surface area contributed by atoms with Crippen molar-refractivity contribution in [2.24, 2.45) is 0 Å². The number of nitrogens with zero attached hydrogens (tertiary/aromatic N) is 1. The van der Waals surface area contributed by atoms with Crippen molar-refractivity contribution in [1.29, 1.82) is 0 Å². The number of fused-ring (bicyclic) bond motifs is 1. The molecule has 2 aromatic rings. The minimum absolute atomic E-state index is 0.169. The summed E-state index contributed by atoms with van der Waals surface area (Å²) in [6.07, 6.45) is -0.267. The number of hydrogen-bond donors (Lipinski definition) is 0. The normalized spacial score (nSPS) is 14.9. The highest BCUT2D eigenvalue weighted by Crippen LogP contribution is 2.31. The number of benzene rings is 2. The quantitative estimate of drug-likeness (QED) is 0.547. The Morgan fingerprint density at radius 2 is 1.41 bits per heavy atom. The number of carbonyl (C=O) groups is 4. The molecule has 0 bridgehead atoms. The maximum absolute atomic E-state index is 13.3. The van der Waals surface area contributed by atoms with E-state index in [1.54, 1.807) is 12.1 Å². The van der Waals surface area contributed by atoms with Gasteiger partial charge in [-0.2, -0.15) is 0 Å². The molecule has 2 unspecified atom stereocenters. The lowest BCUT2D eigenvalue weighted by atomic mass is 9.91. The number of halogens is 1. The molecule has 0 saturated heterocycles. The second kappa shape index (κ2) is 8.22. The summed E-state index contributed by atoms with van der Waals surface area (Å²) in [7, 11) is 2.30. The molecule has 1 heterocycles. The van der Waals surface area contributed by atoms with Gasteiger partial charge < -0.3 is 9.47 Å². The summed E-state index contributed by atoms with van der Waals surface area (Å²) >= 11 is 0. The topological polar surface area (TPSA) is 90.0 Å². The van der Waals surface area contributed by atoms with E-state index in [2.05, 4.69) is 0 Å². The smallest absolute Gasteiger partial charge is 0.329 e. The van der Waals surface area contributed by atoms with Gasteiger partial charge in [-0.15, -0.1) is 0 Å². The van der Waals surface area contributed by atoms with Crippen LogP contribution in [0.15, 0.2) is 48.5 Å². The molecule has 0 aromatic heterocycles. The van der Waals surface area contributed by atoms with Crippen molar-refractivity contribution in [3.8, 4) is 0 Å². The lowest BCUT2D eigenvalue weighted by molar-refractivity contribution is -0.147. The lowest BCUT2D eigenvalue weighted by Crippen LogP contribution is -2.46. The third kappa shape index (κ3) is 3.73. The van der Waals surface area contributed by atoms with Crippen LogP contribution in [0, 0.1) is 5.82 Å². The highest BCUT2D eigenvalue weighted by Gasteiger charge is 2.45. The van der Waals surface area contributed by atoms with E-state index in [0.29, 0.717) is 5.56 Å². The lowest BCUT2D eigenvalue weighted by Gasteiger charge is -2.27. The number of methoxy groups -OCH3 is 2. The van der Waals surface area contributed by atoms with E-state index in [1.165, 1.54) is 43.5 Å². The van der Waals surface area contributed by atoms with Crippen molar-refractivity contribution in [2.75, 3.05) is 14.2 Å². The van der Waals surface area contributed by atoms with Crippen molar-refractivity contribution in [2.45, 2.75) is 18.4 Å². The van der Waals surface area contributed by atoms with Gasteiger partial charge in [-0.05, 0) is 36.2 Å². The predicted octanol–water partition coefficient (Wildman–Crippen LogP) is 2.31. The Hall–Kier alpha value is -3.55. The molecule has 2 atom stereocenters. The van der Waals surface area contributed by atoms with Crippen LogP contribution >= 0.6 is 0 Å². The van der Waals surface area contributed by atoms with Crippen LogP contribution in [0.4, 0.5) is 4.39 Å². The monoisotopic (exact) mass is 399 g/mol. The number of hydrogen-bond acceptors (Lipinski definition) is 6. The van der Waals surface area contributed by atoms with Gasteiger partial charge in [-0.3, -0.25) is 19.3 Å². The molecular formula is C21H18FNO6. The van der Waals surface area contributed by atoms with E-state index >= 15 is 0 Å². The van der Waals surface area contributed by atoms with Crippen LogP contribution in [-0.2, 0) is 19.1 Å². The third-order valence-electron chi connectivity index (χ3n) is 4.83.